The lowest BCUT2D eigenvalue weighted by Crippen LogP contribution is -2.31. The molecule has 3 aromatic rings. The summed E-state index contributed by atoms with van der Waals surface area (Å²) in [6.45, 7) is 1.90. The van der Waals surface area contributed by atoms with E-state index in [2.05, 4.69) is 10.3 Å². The van der Waals surface area contributed by atoms with Crippen molar-refractivity contribution in [3.05, 3.63) is 82.3 Å². The smallest absolute Gasteiger partial charge is 0.305 e. The van der Waals surface area contributed by atoms with Crippen molar-refractivity contribution in [2.24, 2.45) is 0 Å². The zero-order valence-corrected chi connectivity index (χ0v) is 17.6. The number of carboxylic acids is 1. The summed E-state index contributed by atoms with van der Waals surface area (Å²) < 4.78 is 19.6. The maximum Gasteiger partial charge on any atom is 0.305 e. The Balaban J connectivity index is 1.98. The second-order valence-corrected chi connectivity index (χ2v) is 7.28. The highest BCUT2D eigenvalue weighted by molar-refractivity contribution is 6.33. The fourth-order valence-corrected chi connectivity index (χ4v) is 3.36. The van der Waals surface area contributed by atoms with Gasteiger partial charge in [-0.15, -0.1) is 0 Å². The van der Waals surface area contributed by atoms with Crippen LogP contribution in [0.2, 0.25) is 5.02 Å². The van der Waals surface area contributed by atoms with E-state index >= 15 is 0 Å². The van der Waals surface area contributed by atoms with Gasteiger partial charge in [0.1, 0.15) is 23.0 Å². The Hall–Kier alpha value is -3.45. The molecule has 2 N–H and O–H groups in total. The Morgan fingerprint density at radius 3 is 2.61 bits per heavy atom. The lowest BCUT2D eigenvalue weighted by molar-refractivity contribution is -0.137. The highest BCUT2D eigenvalue weighted by Crippen LogP contribution is 2.34. The summed E-state index contributed by atoms with van der Waals surface area (Å²) in [5, 5.41) is 12.2. The fraction of sp³-hybridized carbons (Fsp3) is 0.174. The predicted molar refractivity (Wildman–Crippen MR) is 115 cm³/mol. The molecule has 1 aromatic heterocycles. The molecule has 1 unspecified atom stereocenters. The Labute approximate surface area is 183 Å². The van der Waals surface area contributed by atoms with Crippen molar-refractivity contribution in [2.75, 3.05) is 7.11 Å². The molecule has 0 saturated carbocycles. The second-order valence-electron chi connectivity index (χ2n) is 6.88. The quantitative estimate of drug-likeness (QED) is 0.548. The number of benzene rings is 2. The van der Waals surface area contributed by atoms with Gasteiger partial charge in [-0.3, -0.25) is 9.59 Å². The number of aryl methyl sites for hydroxylation is 1. The van der Waals surface area contributed by atoms with E-state index in [-0.39, 0.29) is 11.3 Å². The maximum absolute atomic E-state index is 14.2. The molecule has 8 heteroatoms. The molecule has 1 heterocycles. The van der Waals surface area contributed by atoms with Gasteiger partial charge in [0.05, 0.1) is 24.6 Å². The number of pyridine rings is 1. The lowest BCUT2D eigenvalue weighted by atomic mass is 10.0. The van der Waals surface area contributed by atoms with Crippen molar-refractivity contribution >= 4 is 23.5 Å². The number of nitrogens with zero attached hydrogens (tertiary/aromatic N) is 1. The van der Waals surface area contributed by atoms with Crippen LogP contribution in [0.15, 0.2) is 54.6 Å². The predicted octanol–water partition coefficient (Wildman–Crippen LogP) is 4.80. The van der Waals surface area contributed by atoms with Gasteiger partial charge >= 0.3 is 5.97 Å². The number of carbonyl (C=O) groups is 2. The summed E-state index contributed by atoms with van der Waals surface area (Å²) >= 11 is 6.33. The molecule has 3 rings (SSSR count). The highest BCUT2D eigenvalue weighted by Gasteiger charge is 2.23. The van der Waals surface area contributed by atoms with E-state index in [9.17, 15) is 19.1 Å². The van der Waals surface area contributed by atoms with Crippen molar-refractivity contribution in [2.45, 2.75) is 19.4 Å². The van der Waals surface area contributed by atoms with E-state index in [1.54, 1.807) is 18.2 Å². The Kier molecular flexibility index (Phi) is 6.87. The maximum atomic E-state index is 14.2. The number of aromatic nitrogens is 1. The van der Waals surface area contributed by atoms with Gasteiger partial charge in [0.25, 0.3) is 5.91 Å². The Morgan fingerprint density at radius 1 is 1.19 bits per heavy atom. The molecule has 0 radical (unpaired) electrons. The molecular weight excluding hydrogens is 423 g/mol. The normalized spacial score (nSPS) is 11.6. The number of hydrogen-bond donors (Lipinski definition) is 2. The first-order valence-corrected chi connectivity index (χ1v) is 9.76. The molecule has 0 bridgehead atoms. The third-order valence-electron chi connectivity index (χ3n) is 4.65. The standard InChI is InChI=1S/C23H20ClFN2O4/c1-13-7-8-16(24)15(11-13)22-20(31-2)10-9-18(26-22)23(30)27-19(12-21(28)29)14-5-3-4-6-17(14)25/h3-11,19H,12H2,1-2H3,(H,27,30)(H,28,29). The Morgan fingerprint density at radius 2 is 1.94 bits per heavy atom. The molecule has 1 amide bonds. The number of methoxy groups -OCH3 is 1. The average Bonchev–Trinajstić information content (AvgIpc) is 2.74. The molecule has 0 aliphatic heterocycles. The van der Waals surface area contributed by atoms with Crippen LogP contribution in [0.3, 0.4) is 0 Å². The minimum Gasteiger partial charge on any atom is -0.494 e. The number of carboxylic acid groups (broad SMARTS) is 1. The number of aliphatic carboxylic acids is 1. The van der Waals surface area contributed by atoms with Crippen molar-refractivity contribution < 1.29 is 23.8 Å². The summed E-state index contributed by atoms with van der Waals surface area (Å²) in [7, 11) is 1.48. The SMILES string of the molecule is COc1ccc(C(=O)NC(CC(=O)O)c2ccccc2F)nc1-c1cc(C)ccc1Cl. The van der Waals surface area contributed by atoms with Crippen LogP contribution in [0.4, 0.5) is 4.39 Å². The summed E-state index contributed by atoms with van der Waals surface area (Å²) in [6.07, 6.45) is -0.487. The van der Waals surface area contributed by atoms with E-state index < -0.39 is 30.2 Å². The molecule has 31 heavy (non-hydrogen) atoms. The summed E-state index contributed by atoms with van der Waals surface area (Å²) in [5.74, 6) is -2.02. The van der Waals surface area contributed by atoms with E-state index in [0.717, 1.165) is 5.56 Å². The molecule has 1 atom stereocenters. The van der Waals surface area contributed by atoms with Crippen molar-refractivity contribution in [1.29, 1.82) is 0 Å². The third kappa shape index (κ3) is 5.19. The summed E-state index contributed by atoms with van der Waals surface area (Å²) in [6, 6.07) is 13.0. The van der Waals surface area contributed by atoms with E-state index in [1.807, 2.05) is 19.1 Å². The summed E-state index contributed by atoms with van der Waals surface area (Å²) in [4.78, 5) is 28.6. The van der Waals surface area contributed by atoms with Crippen LogP contribution >= 0.6 is 11.6 Å². The van der Waals surface area contributed by atoms with Crippen LogP contribution in [-0.4, -0.2) is 29.1 Å². The zero-order valence-electron chi connectivity index (χ0n) is 16.9. The number of carbonyl (C=O) groups excluding carboxylic acids is 1. The number of ether oxygens (including phenoxy) is 1. The molecule has 0 aliphatic carbocycles. The number of nitrogens with one attached hydrogen (secondary N) is 1. The molecule has 2 aromatic carbocycles. The number of halogens is 2. The van der Waals surface area contributed by atoms with E-state index in [1.165, 1.54) is 31.4 Å². The van der Waals surface area contributed by atoms with Gasteiger partial charge in [-0.1, -0.05) is 41.4 Å². The van der Waals surface area contributed by atoms with E-state index in [0.29, 0.717) is 22.0 Å². The van der Waals surface area contributed by atoms with Crippen LogP contribution in [0.25, 0.3) is 11.3 Å². The number of rotatable bonds is 7. The minimum absolute atomic E-state index is 0.0140. The molecule has 0 fully saturated rings. The van der Waals surface area contributed by atoms with Crippen LogP contribution in [0, 0.1) is 12.7 Å². The van der Waals surface area contributed by atoms with Gasteiger partial charge in [-0.05, 0) is 37.3 Å². The molecule has 6 nitrogen and oxygen atoms in total. The summed E-state index contributed by atoms with van der Waals surface area (Å²) in [5.41, 5.74) is 1.99. The van der Waals surface area contributed by atoms with Crippen molar-refractivity contribution in [3.63, 3.8) is 0 Å². The van der Waals surface area contributed by atoms with Gasteiger partial charge in [-0.2, -0.15) is 0 Å². The third-order valence-corrected chi connectivity index (χ3v) is 4.98. The van der Waals surface area contributed by atoms with E-state index in [4.69, 9.17) is 16.3 Å². The van der Waals surface area contributed by atoms with Crippen molar-refractivity contribution in [3.8, 4) is 17.0 Å². The molecular formula is C23H20ClFN2O4. The van der Waals surface area contributed by atoms with Gasteiger partial charge < -0.3 is 15.2 Å². The molecule has 160 valence electrons. The number of hydrogen-bond acceptors (Lipinski definition) is 4. The van der Waals surface area contributed by atoms with Crippen LogP contribution in [0.1, 0.15) is 34.1 Å². The minimum atomic E-state index is -1.18. The number of amides is 1. The lowest BCUT2D eigenvalue weighted by Gasteiger charge is -2.18. The topological polar surface area (TPSA) is 88.5 Å². The van der Waals surface area contributed by atoms with Crippen LogP contribution in [-0.2, 0) is 4.79 Å². The first-order chi connectivity index (χ1) is 14.8. The van der Waals surface area contributed by atoms with Crippen molar-refractivity contribution in [1.82, 2.24) is 10.3 Å². The van der Waals surface area contributed by atoms with Crippen LogP contribution < -0.4 is 10.1 Å². The highest BCUT2D eigenvalue weighted by atomic mass is 35.5. The zero-order chi connectivity index (χ0) is 22.5. The fourth-order valence-electron chi connectivity index (χ4n) is 3.15. The monoisotopic (exact) mass is 442 g/mol. The van der Waals surface area contributed by atoms with Gasteiger partial charge in [0, 0.05) is 11.1 Å². The average molecular weight is 443 g/mol. The molecule has 0 aliphatic rings. The Bertz CT molecular complexity index is 1140. The largest absolute Gasteiger partial charge is 0.494 e. The van der Waals surface area contributed by atoms with Crippen LogP contribution in [0.5, 0.6) is 5.75 Å². The molecule has 0 saturated heterocycles. The van der Waals surface area contributed by atoms with Gasteiger partial charge in [0.2, 0.25) is 0 Å². The van der Waals surface area contributed by atoms with Gasteiger partial charge in [0.15, 0.2) is 0 Å². The first-order valence-electron chi connectivity index (χ1n) is 9.38. The second kappa shape index (κ2) is 9.57. The molecule has 0 spiro atoms. The first kappa shape index (κ1) is 22.2. The van der Waals surface area contributed by atoms with Gasteiger partial charge in [-0.25, -0.2) is 9.37 Å².